The van der Waals surface area contributed by atoms with Crippen LogP contribution in [0.1, 0.15) is 22.8 Å². The van der Waals surface area contributed by atoms with E-state index in [0.717, 1.165) is 5.56 Å². The highest BCUT2D eigenvalue weighted by Gasteiger charge is 2.14. The van der Waals surface area contributed by atoms with Crippen LogP contribution in [0.4, 0.5) is 5.69 Å². The van der Waals surface area contributed by atoms with Gasteiger partial charge in [-0.15, -0.1) is 0 Å². The predicted octanol–water partition coefficient (Wildman–Crippen LogP) is 2.12. The van der Waals surface area contributed by atoms with Crippen LogP contribution in [-0.4, -0.2) is 50.7 Å². The van der Waals surface area contributed by atoms with Crippen molar-refractivity contribution in [2.24, 2.45) is 5.16 Å². The number of oxime groups is 1. The molecular formula is C21H20N2O8. The third-order valence-electron chi connectivity index (χ3n) is 4.13. The van der Waals surface area contributed by atoms with E-state index < -0.39 is 31.1 Å². The van der Waals surface area contributed by atoms with E-state index in [1.165, 1.54) is 31.4 Å². The minimum Gasteiger partial charge on any atom is -0.465 e. The molecule has 31 heavy (non-hydrogen) atoms. The molecule has 0 bridgehead atoms. The number of nitrogens with one attached hydrogen (secondary N) is 1. The summed E-state index contributed by atoms with van der Waals surface area (Å²) < 4.78 is 20.0. The fraction of sp³-hybridized carbons (Fsp3) is 0.238. The number of carbonyl (C=O) groups is 3. The van der Waals surface area contributed by atoms with Crippen molar-refractivity contribution in [3.63, 3.8) is 0 Å². The Morgan fingerprint density at radius 3 is 2.45 bits per heavy atom. The Morgan fingerprint density at radius 2 is 1.71 bits per heavy atom. The number of esters is 2. The fourth-order valence-corrected chi connectivity index (χ4v) is 2.55. The number of ether oxygens (including phenoxy) is 4. The molecule has 3 rings (SSSR count). The first kappa shape index (κ1) is 21.6. The molecular weight excluding hydrogens is 408 g/mol. The van der Waals surface area contributed by atoms with Crippen molar-refractivity contribution in [2.45, 2.75) is 6.92 Å². The molecule has 0 fully saturated rings. The molecule has 1 N–H and O–H groups in total. The first-order valence-corrected chi connectivity index (χ1v) is 9.16. The summed E-state index contributed by atoms with van der Waals surface area (Å²) in [5.41, 5.74) is 2.06. The summed E-state index contributed by atoms with van der Waals surface area (Å²) in [6.45, 7) is 0.931. The standard InChI is InChI=1S/C21H20N2O8/c1-13(15-5-8-17-18(9-15)30-12-29-17)23-31-11-20(25)28-10-19(24)22-16-6-3-14(4-7-16)21(26)27-2/h3-9H,10-12H2,1-2H3,(H,22,24)/b23-13-. The van der Waals surface area contributed by atoms with Crippen molar-refractivity contribution >= 4 is 29.2 Å². The van der Waals surface area contributed by atoms with Crippen molar-refractivity contribution in [3.05, 3.63) is 53.6 Å². The SMILES string of the molecule is COC(=O)c1ccc(NC(=O)COC(=O)CO/N=C(/C)c2ccc3c(c2)OCO3)cc1. The summed E-state index contributed by atoms with van der Waals surface area (Å²) in [6.07, 6.45) is 0. The Morgan fingerprint density at radius 1 is 1.00 bits per heavy atom. The predicted molar refractivity (Wildman–Crippen MR) is 108 cm³/mol. The van der Waals surface area contributed by atoms with Crippen molar-refractivity contribution in [2.75, 3.05) is 32.4 Å². The van der Waals surface area contributed by atoms with Gasteiger partial charge in [0, 0.05) is 11.3 Å². The normalized spacial score (nSPS) is 12.1. The van der Waals surface area contributed by atoms with Gasteiger partial charge in [0.15, 0.2) is 18.1 Å². The number of rotatable bonds is 8. The van der Waals surface area contributed by atoms with Gasteiger partial charge in [0.25, 0.3) is 5.91 Å². The lowest BCUT2D eigenvalue weighted by molar-refractivity contribution is -0.151. The molecule has 0 atom stereocenters. The second-order valence-corrected chi connectivity index (χ2v) is 6.30. The van der Waals surface area contributed by atoms with E-state index in [-0.39, 0.29) is 6.79 Å². The molecule has 0 saturated carbocycles. The second kappa shape index (κ2) is 10.1. The Labute approximate surface area is 177 Å². The maximum atomic E-state index is 11.9. The molecule has 0 unspecified atom stereocenters. The molecule has 1 aliphatic rings. The monoisotopic (exact) mass is 428 g/mol. The van der Waals surface area contributed by atoms with Crippen LogP contribution in [0.3, 0.4) is 0 Å². The van der Waals surface area contributed by atoms with Gasteiger partial charge in [-0.1, -0.05) is 5.16 Å². The first-order valence-electron chi connectivity index (χ1n) is 9.16. The summed E-state index contributed by atoms with van der Waals surface area (Å²) in [5.74, 6) is -0.517. The molecule has 1 aliphatic heterocycles. The average Bonchev–Trinajstić information content (AvgIpc) is 3.25. The minimum atomic E-state index is -0.751. The van der Waals surface area contributed by atoms with E-state index in [1.807, 2.05) is 0 Å². The summed E-state index contributed by atoms with van der Waals surface area (Å²) in [4.78, 5) is 40.0. The lowest BCUT2D eigenvalue weighted by Crippen LogP contribution is -2.22. The number of methoxy groups -OCH3 is 1. The molecule has 0 radical (unpaired) electrons. The molecule has 2 aromatic carbocycles. The number of benzene rings is 2. The molecule has 1 heterocycles. The molecule has 0 saturated heterocycles. The summed E-state index contributed by atoms with van der Waals surface area (Å²) in [5, 5.41) is 6.40. The van der Waals surface area contributed by atoms with Crippen LogP contribution in [0, 0.1) is 0 Å². The van der Waals surface area contributed by atoms with Gasteiger partial charge in [-0.05, 0) is 49.4 Å². The van der Waals surface area contributed by atoms with E-state index >= 15 is 0 Å². The maximum Gasteiger partial charge on any atom is 0.347 e. The molecule has 10 heteroatoms. The van der Waals surface area contributed by atoms with Gasteiger partial charge < -0.3 is 29.1 Å². The van der Waals surface area contributed by atoms with Gasteiger partial charge >= 0.3 is 11.9 Å². The number of amides is 1. The van der Waals surface area contributed by atoms with E-state index in [4.69, 9.17) is 19.0 Å². The summed E-state index contributed by atoms with van der Waals surface area (Å²) in [6, 6.07) is 11.4. The lowest BCUT2D eigenvalue weighted by atomic mass is 10.1. The Kier molecular flexibility index (Phi) is 7.05. The van der Waals surface area contributed by atoms with Crippen molar-refractivity contribution in [1.29, 1.82) is 0 Å². The third kappa shape index (κ3) is 5.95. The van der Waals surface area contributed by atoms with Crippen LogP contribution >= 0.6 is 0 Å². The smallest absolute Gasteiger partial charge is 0.347 e. The highest BCUT2D eigenvalue weighted by molar-refractivity contribution is 5.99. The van der Waals surface area contributed by atoms with Crippen molar-refractivity contribution < 1.29 is 38.2 Å². The zero-order valence-corrected chi connectivity index (χ0v) is 16.9. The maximum absolute atomic E-state index is 11.9. The number of hydrogen-bond donors (Lipinski definition) is 1. The quantitative estimate of drug-likeness (QED) is 0.386. The van der Waals surface area contributed by atoms with Gasteiger partial charge in [0.2, 0.25) is 13.4 Å². The van der Waals surface area contributed by atoms with Gasteiger partial charge in [-0.2, -0.15) is 0 Å². The Balaban J connectivity index is 1.40. The molecule has 0 spiro atoms. The van der Waals surface area contributed by atoms with Crippen molar-refractivity contribution in [1.82, 2.24) is 0 Å². The fourth-order valence-electron chi connectivity index (χ4n) is 2.55. The van der Waals surface area contributed by atoms with Gasteiger partial charge in [0.1, 0.15) is 0 Å². The Bertz CT molecular complexity index is 1000. The topological polar surface area (TPSA) is 122 Å². The number of hydrogen-bond acceptors (Lipinski definition) is 9. The van der Waals surface area contributed by atoms with E-state index in [1.54, 1.807) is 25.1 Å². The van der Waals surface area contributed by atoms with E-state index in [0.29, 0.717) is 28.5 Å². The van der Waals surface area contributed by atoms with Crippen LogP contribution in [0.25, 0.3) is 0 Å². The highest BCUT2D eigenvalue weighted by Crippen LogP contribution is 2.32. The van der Waals surface area contributed by atoms with Crippen LogP contribution in [0.5, 0.6) is 11.5 Å². The largest absolute Gasteiger partial charge is 0.465 e. The molecule has 1 amide bonds. The molecule has 10 nitrogen and oxygen atoms in total. The molecule has 2 aromatic rings. The zero-order chi connectivity index (χ0) is 22.2. The molecule has 0 aliphatic carbocycles. The van der Waals surface area contributed by atoms with Crippen LogP contribution in [0.2, 0.25) is 0 Å². The van der Waals surface area contributed by atoms with Crippen LogP contribution in [0.15, 0.2) is 47.6 Å². The lowest BCUT2D eigenvalue weighted by Gasteiger charge is -2.07. The minimum absolute atomic E-state index is 0.170. The number of anilines is 1. The zero-order valence-electron chi connectivity index (χ0n) is 16.9. The first-order chi connectivity index (χ1) is 15.0. The van der Waals surface area contributed by atoms with Crippen LogP contribution in [-0.2, 0) is 23.9 Å². The van der Waals surface area contributed by atoms with E-state index in [9.17, 15) is 14.4 Å². The third-order valence-corrected chi connectivity index (χ3v) is 4.13. The summed E-state index contributed by atoms with van der Waals surface area (Å²) >= 11 is 0. The van der Waals surface area contributed by atoms with Gasteiger partial charge in [0.05, 0.1) is 18.4 Å². The number of fused-ring (bicyclic) bond motifs is 1. The van der Waals surface area contributed by atoms with Crippen LogP contribution < -0.4 is 14.8 Å². The van der Waals surface area contributed by atoms with Crippen molar-refractivity contribution in [3.8, 4) is 11.5 Å². The van der Waals surface area contributed by atoms with E-state index in [2.05, 4.69) is 15.2 Å². The average molecular weight is 428 g/mol. The highest BCUT2D eigenvalue weighted by atomic mass is 16.7. The second-order valence-electron chi connectivity index (χ2n) is 6.30. The number of carbonyl (C=O) groups excluding carboxylic acids is 3. The molecule has 0 aromatic heterocycles. The van der Waals surface area contributed by atoms with Gasteiger partial charge in [-0.3, -0.25) is 4.79 Å². The number of nitrogens with zero attached hydrogens (tertiary/aromatic N) is 1. The molecule has 162 valence electrons. The van der Waals surface area contributed by atoms with Gasteiger partial charge in [-0.25, -0.2) is 9.59 Å². The Hall–Kier alpha value is -4.08. The summed E-state index contributed by atoms with van der Waals surface area (Å²) in [7, 11) is 1.28.